The van der Waals surface area contributed by atoms with Crippen LogP contribution in [0.2, 0.25) is 5.02 Å². The number of hydrogen-bond acceptors (Lipinski definition) is 4. The number of cyclic esters (lactones) is 1. The van der Waals surface area contributed by atoms with Crippen LogP contribution in [0.5, 0.6) is 5.75 Å². The Hall–Kier alpha value is -2.86. The van der Waals surface area contributed by atoms with Crippen LogP contribution in [0.1, 0.15) is 24.8 Å². The van der Waals surface area contributed by atoms with Gasteiger partial charge in [-0.1, -0.05) is 23.7 Å². The summed E-state index contributed by atoms with van der Waals surface area (Å²) in [6, 6.07) is 11.4. The minimum absolute atomic E-state index is 0.0115. The number of carbonyl (C=O) groups excluding carboxylic acids is 2. The van der Waals surface area contributed by atoms with Gasteiger partial charge < -0.3 is 9.47 Å². The number of anilines is 1. The fraction of sp³-hybridized carbons (Fsp3) is 0.238. The average Bonchev–Trinajstić information content (AvgIpc) is 3.06. The summed E-state index contributed by atoms with van der Waals surface area (Å²) in [5.41, 5.74) is 2.17. The van der Waals surface area contributed by atoms with Gasteiger partial charge in [-0.05, 0) is 42.8 Å². The Morgan fingerprint density at radius 1 is 1.21 bits per heavy atom. The van der Waals surface area contributed by atoms with Gasteiger partial charge in [0.1, 0.15) is 18.2 Å². The van der Waals surface area contributed by atoms with Crippen LogP contribution in [-0.4, -0.2) is 25.1 Å². The fourth-order valence-electron chi connectivity index (χ4n) is 3.63. The minimum Gasteiger partial charge on any atom is -0.494 e. The second-order valence-corrected chi connectivity index (χ2v) is 6.93. The second-order valence-electron chi connectivity index (χ2n) is 6.52. The Bertz CT molecular complexity index is 986. The predicted molar refractivity (Wildman–Crippen MR) is 102 cm³/mol. The molecule has 2 aromatic rings. The van der Waals surface area contributed by atoms with Gasteiger partial charge in [0, 0.05) is 12.3 Å². The summed E-state index contributed by atoms with van der Waals surface area (Å²) in [5, 5.41) is -0.0914. The Labute approximate surface area is 166 Å². The molecule has 0 spiro atoms. The van der Waals surface area contributed by atoms with Gasteiger partial charge in [0.25, 0.3) is 0 Å². The van der Waals surface area contributed by atoms with Gasteiger partial charge in [-0.25, -0.2) is 9.18 Å². The SMILES string of the molecule is CCOc1ccc([C@H]2CC(=O)N(c3ccc(F)c(Cl)c3)C3=C2C(=O)OC3)cc1. The van der Waals surface area contributed by atoms with Gasteiger partial charge in [0.2, 0.25) is 5.91 Å². The zero-order valence-electron chi connectivity index (χ0n) is 15.1. The minimum atomic E-state index is -0.574. The maximum absolute atomic E-state index is 13.5. The Balaban J connectivity index is 1.76. The van der Waals surface area contributed by atoms with E-state index in [1.807, 2.05) is 31.2 Å². The number of halogens is 2. The molecule has 2 aliphatic heterocycles. The van der Waals surface area contributed by atoms with Crippen LogP contribution in [-0.2, 0) is 14.3 Å². The molecule has 0 saturated heterocycles. The summed E-state index contributed by atoms with van der Waals surface area (Å²) >= 11 is 5.88. The lowest BCUT2D eigenvalue weighted by Gasteiger charge is -2.32. The molecule has 0 unspecified atom stereocenters. The number of hydrogen-bond donors (Lipinski definition) is 0. The maximum atomic E-state index is 13.5. The van der Waals surface area contributed by atoms with E-state index in [4.69, 9.17) is 21.1 Å². The summed E-state index contributed by atoms with van der Waals surface area (Å²) in [6.45, 7) is 2.44. The largest absolute Gasteiger partial charge is 0.494 e. The number of rotatable bonds is 4. The first-order chi connectivity index (χ1) is 13.5. The van der Waals surface area contributed by atoms with Gasteiger partial charge in [-0.3, -0.25) is 9.69 Å². The van der Waals surface area contributed by atoms with Crippen LogP contribution in [0.3, 0.4) is 0 Å². The van der Waals surface area contributed by atoms with E-state index in [1.165, 1.54) is 23.1 Å². The standard InChI is InChI=1S/C21H17ClFNO4/c1-2-27-14-6-3-12(4-7-14)15-10-19(25)24(18-11-28-21(26)20(15)18)13-5-8-17(23)16(22)9-13/h3-9,15H,2,10-11H2,1H3/t15-/m1/s1. The molecule has 0 saturated carbocycles. The quantitative estimate of drug-likeness (QED) is 0.720. The van der Waals surface area contributed by atoms with Crippen molar-refractivity contribution in [1.29, 1.82) is 0 Å². The van der Waals surface area contributed by atoms with E-state index < -0.39 is 17.7 Å². The molecule has 2 aromatic carbocycles. The van der Waals surface area contributed by atoms with Crippen molar-refractivity contribution >= 4 is 29.2 Å². The first kappa shape index (κ1) is 18.5. The van der Waals surface area contributed by atoms with E-state index in [1.54, 1.807) is 0 Å². The van der Waals surface area contributed by atoms with E-state index in [9.17, 15) is 14.0 Å². The van der Waals surface area contributed by atoms with Crippen molar-refractivity contribution in [2.75, 3.05) is 18.1 Å². The van der Waals surface area contributed by atoms with Crippen molar-refractivity contribution in [3.05, 3.63) is 70.1 Å². The molecule has 1 atom stereocenters. The van der Waals surface area contributed by atoms with Crippen LogP contribution in [0.4, 0.5) is 10.1 Å². The van der Waals surface area contributed by atoms with E-state index in [2.05, 4.69) is 0 Å². The van der Waals surface area contributed by atoms with E-state index in [0.717, 1.165) is 11.3 Å². The fourth-order valence-corrected chi connectivity index (χ4v) is 3.80. The molecule has 2 heterocycles. The van der Waals surface area contributed by atoms with E-state index >= 15 is 0 Å². The second kappa shape index (κ2) is 7.28. The Morgan fingerprint density at radius 3 is 2.64 bits per heavy atom. The first-order valence-electron chi connectivity index (χ1n) is 8.90. The normalized spacial score (nSPS) is 19.0. The molecule has 144 valence electrons. The molecule has 7 heteroatoms. The highest BCUT2D eigenvalue weighted by Crippen LogP contribution is 2.42. The van der Waals surface area contributed by atoms with Crippen molar-refractivity contribution in [1.82, 2.24) is 0 Å². The van der Waals surface area contributed by atoms with Gasteiger partial charge in [0.15, 0.2) is 0 Å². The maximum Gasteiger partial charge on any atom is 0.336 e. The summed E-state index contributed by atoms with van der Waals surface area (Å²) in [5.74, 6) is -0.909. The van der Waals surface area contributed by atoms with Crippen molar-refractivity contribution in [2.45, 2.75) is 19.3 Å². The molecule has 0 bridgehead atoms. The van der Waals surface area contributed by atoms with Crippen LogP contribution >= 0.6 is 11.6 Å². The van der Waals surface area contributed by atoms with Crippen LogP contribution < -0.4 is 9.64 Å². The topological polar surface area (TPSA) is 55.8 Å². The lowest BCUT2D eigenvalue weighted by molar-refractivity contribution is -0.136. The molecule has 2 aliphatic rings. The molecule has 0 fully saturated rings. The summed E-state index contributed by atoms with van der Waals surface area (Å²) in [4.78, 5) is 26.8. The van der Waals surface area contributed by atoms with Crippen molar-refractivity contribution in [2.24, 2.45) is 0 Å². The summed E-state index contributed by atoms with van der Waals surface area (Å²) in [7, 11) is 0. The van der Waals surface area contributed by atoms with Gasteiger partial charge in [-0.15, -0.1) is 0 Å². The molecule has 0 aromatic heterocycles. The molecule has 0 aliphatic carbocycles. The molecule has 5 nitrogen and oxygen atoms in total. The average molecular weight is 402 g/mol. The highest BCUT2D eigenvalue weighted by Gasteiger charge is 2.43. The third-order valence-electron chi connectivity index (χ3n) is 4.87. The summed E-state index contributed by atoms with van der Waals surface area (Å²) < 4.78 is 24.2. The molecule has 0 radical (unpaired) electrons. The Kier molecular flexibility index (Phi) is 4.81. The highest BCUT2D eigenvalue weighted by atomic mass is 35.5. The highest BCUT2D eigenvalue weighted by molar-refractivity contribution is 6.31. The van der Waals surface area contributed by atoms with Crippen LogP contribution in [0.25, 0.3) is 0 Å². The first-order valence-corrected chi connectivity index (χ1v) is 9.28. The van der Waals surface area contributed by atoms with Gasteiger partial charge >= 0.3 is 5.97 Å². The molecule has 0 N–H and O–H groups in total. The molecular weight excluding hydrogens is 385 g/mol. The molecular formula is C21H17ClFNO4. The number of carbonyl (C=O) groups is 2. The number of ether oxygens (including phenoxy) is 2. The van der Waals surface area contributed by atoms with Crippen LogP contribution in [0.15, 0.2) is 53.7 Å². The molecule has 28 heavy (non-hydrogen) atoms. The number of esters is 1. The van der Waals surface area contributed by atoms with Gasteiger partial charge in [-0.2, -0.15) is 0 Å². The number of amides is 1. The predicted octanol–water partition coefficient (Wildman–Crippen LogP) is 4.21. The van der Waals surface area contributed by atoms with Crippen molar-refractivity contribution in [3.8, 4) is 5.75 Å². The third kappa shape index (κ3) is 3.14. The third-order valence-corrected chi connectivity index (χ3v) is 5.16. The number of nitrogens with zero attached hydrogens (tertiary/aromatic N) is 1. The zero-order chi connectivity index (χ0) is 19.8. The van der Waals surface area contributed by atoms with Crippen LogP contribution in [0, 0.1) is 5.82 Å². The van der Waals surface area contributed by atoms with Crippen molar-refractivity contribution < 1.29 is 23.5 Å². The zero-order valence-corrected chi connectivity index (χ0v) is 15.8. The monoisotopic (exact) mass is 401 g/mol. The molecule has 4 rings (SSSR count). The Morgan fingerprint density at radius 2 is 1.96 bits per heavy atom. The lowest BCUT2D eigenvalue weighted by Crippen LogP contribution is -2.37. The van der Waals surface area contributed by atoms with Gasteiger partial charge in [0.05, 0.1) is 28.6 Å². The van der Waals surface area contributed by atoms with E-state index in [0.29, 0.717) is 23.6 Å². The summed E-state index contributed by atoms with van der Waals surface area (Å²) in [6.07, 6.45) is 0.0942. The van der Waals surface area contributed by atoms with Crippen molar-refractivity contribution in [3.63, 3.8) is 0 Å². The number of benzene rings is 2. The smallest absolute Gasteiger partial charge is 0.336 e. The lowest BCUT2D eigenvalue weighted by atomic mass is 9.84. The van der Waals surface area contributed by atoms with E-state index in [-0.39, 0.29) is 24.0 Å². The molecule has 1 amide bonds.